The summed E-state index contributed by atoms with van der Waals surface area (Å²) < 4.78 is 2.09. The topological polar surface area (TPSA) is 46.1 Å². The highest BCUT2D eigenvalue weighted by Gasteiger charge is 2.15. The fourth-order valence-electron chi connectivity index (χ4n) is 2.28. The van der Waals surface area contributed by atoms with E-state index >= 15 is 0 Å². The van der Waals surface area contributed by atoms with Gasteiger partial charge in [0.2, 0.25) is 5.91 Å². The number of nitrogens with zero attached hydrogens (tertiary/aromatic N) is 3. The van der Waals surface area contributed by atoms with Gasteiger partial charge in [-0.15, -0.1) is 23.1 Å². The number of carbonyl (C=O) groups excluding carboxylic acids is 1. The van der Waals surface area contributed by atoms with Crippen molar-refractivity contribution in [2.75, 3.05) is 17.2 Å². The van der Waals surface area contributed by atoms with E-state index in [9.17, 15) is 4.79 Å². The first kappa shape index (κ1) is 17.4. The lowest BCUT2D eigenvalue weighted by atomic mass is 10.3. The number of rotatable bonds is 6. The molecule has 0 N–H and O–H groups in total. The fourth-order valence-corrected chi connectivity index (χ4v) is 4.43. The average molecular weight is 422 g/mol. The van der Waals surface area contributed by atoms with Gasteiger partial charge in [0, 0.05) is 23.0 Å². The summed E-state index contributed by atoms with van der Waals surface area (Å²) in [7, 11) is 0. The van der Waals surface area contributed by atoms with Gasteiger partial charge in [0.25, 0.3) is 0 Å². The van der Waals surface area contributed by atoms with Gasteiger partial charge in [0.1, 0.15) is 10.8 Å². The van der Waals surface area contributed by atoms with E-state index in [1.165, 1.54) is 4.70 Å². The molecule has 4 nitrogen and oxygen atoms in total. The van der Waals surface area contributed by atoms with Crippen molar-refractivity contribution in [3.63, 3.8) is 0 Å². The SMILES string of the molecule is CCN(C(=O)CSCc1nc2ccccc2s1)c1ccc(Br)cn1. The number of pyridine rings is 1. The maximum atomic E-state index is 12.5. The number of thiazole rings is 1. The van der Waals surface area contributed by atoms with E-state index in [2.05, 4.69) is 32.0 Å². The van der Waals surface area contributed by atoms with E-state index in [-0.39, 0.29) is 5.91 Å². The Hall–Kier alpha value is -1.44. The minimum Gasteiger partial charge on any atom is -0.296 e. The molecule has 7 heteroatoms. The molecule has 0 unspecified atom stereocenters. The van der Waals surface area contributed by atoms with E-state index < -0.39 is 0 Å². The molecule has 24 heavy (non-hydrogen) atoms. The van der Waals surface area contributed by atoms with E-state index in [0.717, 1.165) is 20.7 Å². The fraction of sp³-hybridized carbons (Fsp3) is 0.235. The lowest BCUT2D eigenvalue weighted by Crippen LogP contribution is -2.32. The van der Waals surface area contributed by atoms with Crippen LogP contribution in [0.2, 0.25) is 0 Å². The third-order valence-electron chi connectivity index (χ3n) is 3.39. The number of thioether (sulfide) groups is 1. The molecule has 2 heterocycles. The van der Waals surface area contributed by atoms with Gasteiger partial charge < -0.3 is 0 Å². The Kier molecular flexibility index (Phi) is 5.86. The van der Waals surface area contributed by atoms with Crippen molar-refractivity contribution in [2.45, 2.75) is 12.7 Å². The largest absolute Gasteiger partial charge is 0.296 e. The second-order valence-electron chi connectivity index (χ2n) is 5.04. The molecule has 0 atom stereocenters. The molecular weight excluding hydrogens is 406 g/mol. The Labute approximate surface area is 157 Å². The minimum atomic E-state index is 0.0680. The summed E-state index contributed by atoms with van der Waals surface area (Å²) in [6.45, 7) is 2.56. The molecular formula is C17H16BrN3OS2. The summed E-state index contributed by atoms with van der Waals surface area (Å²) in [4.78, 5) is 23.1. The Bertz CT molecular complexity index is 802. The van der Waals surface area contributed by atoms with E-state index in [1.807, 2.05) is 37.3 Å². The van der Waals surface area contributed by atoms with Crippen molar-refractivity contribution in [3.8, 4) is 0 Å². The highest BCUT2D eigenvalue weighted by Crippen LogP contribution is 2.25. The first-order valence-corrected chi connectivity index (χ1v) is 10.3. The van der Waals surface area contributed by atoms with E-state index in [1.54, 1.807) is 34.2 Å². The lowest BCUT2D eigenvalue weighted by Gasteiger charge is -2.19. The quantitative estimate of drug-likeness (QED) is 0.576. The van der Waals surface area contributed by atoms with Crippen molar-refractivity contribution in [1.82, 2.24) is 9.97 Å². The maximum absolute atomic E-state index is 12.5. The number of halogens is 1. The summed E-state index contributed by atoms with van der Waals surface area (Å²) in [5.74, 6) is 1.92. The first-order chi connectivity index (χ1) is 11.7. The molecule has 0 aliphatic heterocycles. The maximum Gasteiger partial charge on any atom is 0.238 e. The predicted octanol–water partition coefficient (Wildman–Crippen LogP) is 4.74. The third kappa shape index (κ3) is 4.15. The van der Waals surface area contributed by atoms with E-state index in [0.29, 0.717) is 18.1 Å². The zero-order chi connectivity index (χ0) is 16.9. The summed E-state index contributed by atoms with van der Waals surface area (Å²) >= 11 is 6.64. The average Bonchev–Trinajstić information content (AvgIpc) is 3.00. The van der Waals surface area contributed by atoms with Crippen LogP contribution in [0.15, 0.2) is 47.1 Å². The van der Waals surface area contributed by atoms with Crippen molar-refractivity contribution in [2.24, 2.45) is 0 Å². The molecule has 2 aromatic heterocycles. The molecule has 0 spiro atoms. The van der Waals surface area contributed by atoms with Gasteiger partial charge in [-0.25, -0.2) is 9.97 Å². The molecule has 0 aliphatic carbocycles. The number of hydrogen-bond donors (Lipinski definition) is 0. The van der Waals surface area contributed by atoms with Crippen molar-refractivity contribution in [1.29, 1.82) is 0 Å². The summed E-state index contributed by atoms with van der Waals surface area (Å²) in [6, 6.07) is 11.8. The summed E-state index contributed by atoms with van der Waals surface area (Å²) in [6.07, 6.45) is 1.71. The Morgan fingerprint density at radius 1 is 1.29 bits per heavy atom. The number of carbonyl (C=O) groups is 1. The molecule has 0 fully saturated rings. The minimum absolute atomic E-state index is 0.0680. The predicted molar refractivity (Wildman–Crippen MR) is 106 cm³/mol. The number of amides is 1. The molecule has 1 amide bonds. The third-order valence-corrected chi connectivity index (χ3v) is 6.01. The standard InChI is InChI=1S/C17H16BrN3OS2/c1-2-21(15-8-7-12(18)9-19-15)17(22)11-23-10-16-20-13-5-3-4-6-14(13)24-16/h3-9H,2,10-11H2,1H3. The van der Waals surface area contributed by atoms with Gasteiger partial charge in [-0.05, 0) is 47.1 Å². The van der Waals surface area contributed by atoms with Crippen LogP contribution in [0.1, 0.15) is 11.9 Å². The zero-order valence-electron chi connectivity index (χ0n) is 13.1. The van der Waals surface area contributed by atoms with Crippen LogP contribution in [-0.2, 0) is 10.5 Å². The van der Waals surface area contributed by atoms with Crippen LogP contribution in [0.3, 0.4) is 0 Å². The number of benzene rings is 1. The molecule has 0 saturated carbocycles. The summed E-state index contributed by atoms with van der Waals surface area (Å²) in [5, 5.41) is 1.05. The van der Waals surface area contributed by atoms with Crippen LogP contribution in [0.5, 0.6) is 0 Å². The van der Waals surface area contributed by atoms with Crippen molar-refractivity contribution in [3.05, 3.63) is 52.1 Å². The van der Waals surface area contributed by atoms with Crippen LogP contribution in [0, 0.1) is 0 Å². The second-order valence-corrected chi connectivity index (χ2v) is 8.06. The Morgan fingerprint density at radius 3 is 2.83 bits per heavy atom. The highest BCUT2D eigenvalue weighted by molar-refractivity contribution is 9.10. The Balaban J connectivity index is 1.58. The van der Waals surface area contributed by atoms with Crippen LogP contribution >= 0.6 is 39.0 Å². The molecule has 124 valence electrons. The second kappa shape index (κ2) is 8.09. The van der Waals surface area contributed by atoms with Gasteiger partial charge in [0.15, 0.2) is 0 Å². The number of para-hydroxylation sites is 1. The molecule has 0 radical (unpaired) electrons. The molecule has 3 rings (SSSR count). The molecule has 0 saturated heterocycles. The number of aromatic nitrogens is 2. The molecule has 0 aliphatic rings. The van der Waals surface area contributed by atoms with Crippen LogP contribution < -0.4 is 4.90 Å². The summed E-state index contributed by atoms with van der Waals surface area (Å²) in [5.41, 5.74) is 1.03. The number of anilines is 1. The molecule has 0 bridgehead atoms. The van der Waals surface area contributed by atoms with E-state index in [4.69, 9.17) is 0 Å². The normalized spacial score (nSPS) is 10.9. The number of hydrogen-bond acceptors (Lipinski definition) is 5. The van der Waals surface area contributed by atoms with Crippen molar-refractivity contribution < 1.29 is 4.79 Å². The Morgan fingerprint density at radius 2 is 2.12 bits per heavy atom. The van der Waals surface area contributed by atoms with Gasteiger partial charge in [0.05, 0.1) is 16.0 Å². The van der Waals surface area contributed by atoms with Crippen LogP contribution in [-0.4, -0.2) is 28.2 Å². The first-order valence-electron chi connectivity index (χ1n) is 7.51. The van der Waals surface area contributed by atoms with Gasteiger partial charge in [-0.2, -0.15) is 0 Å². The highest BCUT2D eigenvalue weighted by atomic mass is 79.9. The zero-order valence-corrected chi connectivity index (χ0v) is 16.3. The van der Waals surface area contributed by atoms with Gasteiger partial charge in [-0.3, -0.25) is 9.69 Å². The molecule has 1 aromatic carbocycles. The molecule has 3 aromatic rings. The lowest BCUT2D eigenvalue weighted by molar-refractivity contribution is -0.116. The van der Waals surface area contributed by atoms with Gasteiger partial charge in [-0.1, -0.05) is 12.1 Å². The van der Waals surface area contributed by atoms with Crippen LogP contribution in [0.25, 0.3) is 10.2 Å². The monoisotopic (exact) mass is 421 g/mol. The number of fused-ring (bicyclic) bond motifs is 1. The van der Waals surface area contributed by atoms with Crippen molar-refractivity contribution >= 4 is 61.0 Å². The van der Waals surface area contributed by atoms with Gasteiger partial charge >= 0.3 is 0 Å². The van der Waals surface area contributed by atoms with Crippen LogP contribution in [0.4, 0.5) is 5.82 Å². The smallest absolute Gasteiger partial charge is 0.238 e.